The molecule has 8 heteroatoms. The first kappa shape index (κ1) is 16.4. The minimum absolute atomic E-state index is 0.342. The van der Waals surface area contributed by atoms with Crippen LogP contribution in [0.5, 0.6) is 0 Å². The molecule has 2 heterocycles. The van der Waals surface area contributed by atoms with Crippen LogP contribution in [0, 0.1) is 5.92 Å². The summed E-state index contributed by atoms with van der Waals surface area (Å²) in [5, 5.41) is 2.00. The Morgan fingerprint density at radius 2 is 2.04 bits per heavy atom. The molecule has 0 aliphatic heterocycles. The van der Waals surface area contributed by atoms with Crippen LogP contribution in [0.2, 0.25) is 0 Å². The fraction of sp³-hybridized carbons (Fsp3) is 0.267. The first-order chi connectivity index (χ1) is 10.7. The van der Waals surface area contributed by atoms with Gasteiger partial charge >= 0.3 is 6.18 Å². The van der Waals surface area contributed by atoms with Crippen molar-refractivity contribution in [3.8, 4) is 0 Å². The van der Waals surface area contributed by atoms with Gasteiger partial charge in [0.1, 0.15) is 5.83 Å². The van der Waals surface area contributed by atoms with E-state index in [0.29, 0.717) is 20.1 Å². The van der Waals surface area contributed by atoms with Crippen molar-refractivity contribution in [2.75, 3.05) is 0 Å². The number of aromatic nitrogens is 1. The lowest BCUT2D eigenvalue weighted by molar-refractivity contribution is -0.101. The molecule has 0 saturated carbocycles. The monoisotopic (exact) mass is 407 g/mol. The molecule has 3 rings (SSSR count). The van der Waals surface area contributed by atoms with Crippen LogP contribution in [0.15, 0.2) is 44.4 Å². The second kappa shape index (κ2) is 5.59. The summed E-state index contributed by atoms with van der Waals surface area (Å²) in [6.07, 6.45) is -1.03. The van der Waals surface area contributed by atoms with Crippen LogP contribution in [-0.2, 0) is 0 Å². The molecule has 2 unspecified atom stereocenters. The first-order valence-electron chi connectivity index (χ1n) is 6.65. The van der Waals surface area contributed by atoms with Crippen molar-refractivity contribution in [3.05, 3.63) is 55.5 Å². The van der Waals surface area contributed by atoms with Gasteiger partial charge in [-0.15, -0.1) is 11.3 Å². The Morgan fingerprint density at radius 3 is 2.70 bits per heavy atom. The molecule has 2 aromatic heterocycles. The van der Waals surface area contributed by atoms with Crippen LogP contribution >= 0.6 is 27.3 Å². The number of rotatable bonds is 1. The Labute approximate surface area is 140 Å². The average molecular weight is 408 g/mol. The molecule has 0 spiro atoms. The molecule has 1 aliphatic rings. The van der Waals surface area contributed by atoms with Crippen LogP contribution in [0.4, 0.5) is 17.6 Å². The lowest BCUT2D eigenvalue weighted by Gasteiger charge is -2.28. The van der Waals surface area contributed by atoms with Crippen LogP contribution < -0.4 is 5.56 Å². The van der Waals surface area contributed by atoms with Gasteiger partial charge in [0.15, 0.2) is 0 Å². The van der Waals surface area contributed by atoms with Gasteiger partial charge in [-0.3, -0.25) is 4.79 Å². The maximum absolute atomic E-state index is 13.7. The summed E-state index contributed by atoms with van der Waals surface area (Å²) in [6, 6.07) is 0. The number of halogens is 5. The molecule has 2 nitrogen and oxygen atoms in total. The van der Waals surface area contributed by atoms with Gasteiger partial charge in [0.2, 0.25) is 0 Å². The minimum atomic E-state index is -4.74. The van der Waals surface area contributed by atoms with Crippen molar-refractivity contribution in [2.24, 2.45) is 5.92 Å². The number of alkyl halides is 3. The molecule has 0 fully saturated rings. The van der Waals surface area contributed by atoms with Gasteiger partial charge in [-0.2, -0.15) is 13.2 Å². The third kappa shape index (κ3) is 2.67. The summed E-state index contributed by atoms with van der Waals surface area (Å²) in [5.41, 5.74) is -1.08. The van der Waals surface area contributed by atoms with Gasteiger partial charge in [0, 0.05) is 12.1 Å². The largest absolute Gasteiger partial charge is 0.415 e. The second-order valence-electron chi connectivity index (χ2n) is 5.29. The van der Waals surface area contributed by atoms with Crippen LogP contribution in [0.25, 0.3) is 10.1 Å². The van der Waals surface area contributed by atoms with Crippen molar-refractivity contribution >= 4 is 37.4 Å². The molecule has 0 aromatic carbocycles. The Morgan fingerprint density at radius 1 is 1.35 bits per heavy atom. The van der Waals surface area contributed by atoms with Crippen LogP contribution in [0.1, 0.15) is 18.4 Å². The van der Waals surface area contributed by atoms with Crippen molar-refractivity contribution in [1.82, 2.24) is 4.98 Å². The van der Waals surface area contributed by atoms with Gasteiger partial charge in [0.25, 0.3) is 5.56 Å². The third-order valence-corrected chi connectivity index (χ3v) is 5.88. The molecule has 0 radical (unpaired) electrons. The Bertz CT molecular complexity index is 893. The van der Waals surface area contributed by atoms with E-state index >= 15 is 0 Å². The Kier molecular flexibility index (Phi) is 4.00. The van der Waals surface area contributed by atoms with Gasteiger partial charge in [-0.25, -0.2) is 4.39 Å². The van der Waals surface area contributed by atoms with Crippen molar-refractivity contribution in [3.63, 3.8) is 0 Å². The zero-order valence-corrected chi connectivity index (χ0v) is 14.1. The van der Waals surface area contributed by atoms with E-state index in [2.05, 4.69) is 20.9 Å². The highest BCUT2D eigenvalue weighted by Gasteiger charge is 2.44. The Hall–Kier alpha value is -1.41. The number of pyridine rings is 1. The van der Waals surface area contributed by atoms with Crippen LogP contribution in [-0.4, -0.2) is 11.2 Å². The van der Waals surface area contributed by atoms with Gasteiger partial charge in [-0.05, 0) is 38.9 Å². The van der Waals surface area contributed by atoms with E-state index in [1.165, 1.54) is 30.5 Å². The fourth-order valence-corrected chi connectivity index (χ4v) is 4.51. The molecule has 0 saturated heterocycles. The topological polar surface area (TPSA) is 32.9 Å². The maximum atomic E-state index is 13.7. The third-order valence-electron chi connectivity index (χ3n) is 3.96. The van der Waals surface area contributed by atoms with Gasteiger partial charge in [-0.1, -0.05) is 13.0 Å². The maximum Gasteiger partial charge on any atom is 0.415 e. The highest BCUT2D eigenvalue weighted by molar-refractivity contribution is 9.10. The quantitative estimate of drug-likeness (QED) is 0.628. The standard InChI is InChI=1S/C15H10BrF4NOS/c1-6-7(2-3-10(17)12(6)15(18,19)20)8-5-23-13-9(16)4-21-14(22)11(8)13/h2-7H,1H3,(H,21,22). The smallest absolute Gasteiger partial charge is 0.327 e. The molecule has 2 aromatic rings. The van der Waals surface area contributed by atoms with E-state index in [0.717, 1.165) is 6.08 Å². The molecule has 1 N–H and O–H groups in total. The second-order valence-corrected chi connectivity index (χ2v) is 7.03. The molecular formula is C15H10BrF4NOS. The summed E-state index contributed by atoms with van der Waals surface area (Å²) in [4.78, 5) is 14.6. The summed E-state index contributed by atoms with van der Waals surface area (Å²) < 4.78 is 54.3. The van der Waals surface area contributed by atoms with E-state index in [4.69, 9.17) is 0 Å². The van der Waals surface area contributed by atoms with E-state index in [1.807, 2.05) is 0 Å². The molecule has 23 heavy (non-hydrogen) atoms. The number of thiophene rings is 1. The highest BCUT2D eigenvalue weighted by Crippen LogP contribution is 2.46. The normalized spacial score (nSPS) is 22.2. The van der Waals surface area contributed by atoms with E-state index in [9.17, 15) is 22.4 Å². The van der Waals surface area contributed by atoms with Crippen molar-refractivity contribution < 1.29 is 17.6 Å². The number of hydrogen-bond donors (Lipinski definition) is 1. The molecule has 0 amide bonds. The van der Waals surface area contributed by atoms with E-state index < -0.39 is 29.4 Å². The number of nitrogens with one attached hydrogen (secondary N) is 1. The fourth-order valence-electron chi connectivity index (χ4n) is 2.90. The number of aromatic amines is 1. The lowest BCUT2D eigenvalue weighted by Crippen LogP contribution is -2.26. The molecule has 2 atom stereocenters. The van der Waals surface area contributed by atoms with Crippen molar-refractivity contribution in [2.45, 2.75) is 19.0 Å². The lowest BCUT2D eigenvalue weighted by atomic mass is 9.78. The summed E-state index contributed by atoms with van der Waals surface area (Å²) in [7, 11) is 0. The van der Waals surface area contributed by atoms with Gasteiger partial charge < -0.3 is 4.98 Å². The summed E-state index contributed by atoms with van der Waals surface area (Å²) in [6.45, 7) is 1.33. The van der Waals surface area contributed by atoms with E-state index in [-0.39, 0.29) is 5.56 Å². The molecular weight excluding hydrogens is 398 g/mol. The number of hydrogen-bond acceptors (Lipinski definition) is 2. The molecule has 1 aliphatic carbocycles. The number of H-pyrrole nitrogens is 1. The predicted octanol–water partition coefficient (Wildman–Crippen LogP) is 5.43. The summed E-state index contributed by atoms with van der Waals surface area (Å²) in [5.74, 6) is -3.10. The van der Waals surface area contributed by atoms with Gasteiger partial charge in [0.05, 0.1) is 20.1 Å². The van der Waals surface area contributed by atoms with Crippen LogP contribution in [0.3, 0.4) is 0 Å². The zero-order valence-electron chi connectivity index (χ0n) is 11.7. The average Bonchev–Trinajstić information content (AvgIpc) is 2.87. The summed E-state index contributed by atoms with van der Waals surface area (Å²) >= 11 is 4.58. The van der Waals surface area contributed by atoms with E-state index in [1.54, 1.807) is 5.38 Å². The Balaban J connectivity index is 2.17. The SMILES string of the molecule is CC1C(C(F)(F)F)=C(F)C=CC1c1csc2c(Br)c[nH]c(=O)c12. The highest BCUT2D eigenvalue weighted by atomic mass is 79.9. The number of fused-ring (bicyclic) bond motifs is 1. The molecule has 0 bridgehead atoms. The number of allylic oxidation sites excluding steroid dienone is 4. The zero-order chi connectivity index (χ0) is 16.9. The first-order valence-corrected chi connectivity index (χ1v) is 8.32. The molecule has 122 valence electrons. The van der Waals surface area contributed by atoms with Crippen molar-refractivity contribution in [1.29, 1.82) is 0 Å². The predicted molar refractivity (Wildman–Crippen MR) is 85.4 cm³/mol. The minimum Gasteiger partial charge on any atom is -0.327 e.